The Morgan fingerprint density at radius 1 is 1.67 bits per heavy atom. The predicted octanol–water partition coefficient (Wildman–Crippen LogP) is -0.871. The van der Waals surface area contributed by atoms with Gasteiger partial charge < -0.3 is 10.4 Å². The molecular weight excluding hydrogens is 246 g/mol. The second-order valence-corrected chi connectivity index (χ2v) is 3.06. The maximum Gasteiger partial charge on any atom is 0.363 e. The third kappa shape index (κ3) is 3.01. The molecule has 10 heteroatoms. The Kier molecular flexibility index (Phi) is 3.93. The molecule has 1 amide bonds. The number of aromatic nitrogens is 2. The quantitative estimate of drug-likeness (QED) is 0.393. The van der Waals surface area contributed by atoms with Crippen LogP contribution < -0.4 is 5.32 Å². The summed E-state index contributed by atoms with van der Waals surface area (Å²) in [7, 11) is 0. The topological polar surface area (TPSA) is 151 Å². The second kappa shape index (κ2) is 5.39. The van der Waals surface area contributed by atoms with E-state index in [4.69, 9.17) is 10.4 Å². The molecule has 0 unspecified atom stereocenters. The Bertz CT molecular complexity index is 511. The Balaban J connectivity index is 2.89. The summed E-state index contributed by atoms with van der Waals surface area (Å²) in [5, 5.41) is 33.0. The number of carboxylic acid groups (broad SMARTS) is 1. The first-order valence-corrected chi connectivity index (χ1v) is 4.54. The summed E-state index contributed by atoms with van der Waals surface area (Å²) >= 11 is 0. The number of carbonyl (C=O) groups excluding carboxylic acids is 1. The summed E-state index contributed by atoms with van der Waals surface area (Å²) in [5.41, 5.74) is -1.44. The highest BCUT2D eigenvalue weighted by Gasteiger charge is 2.25. The predicted molar refractivity (Wildman–Crippen MR) is 54.5 cm³/mol. The zero-order chi connectivity index (χ0) is 13.7. The fourth-order valence-corrected chi connectivity index (χ4v) is 1.12. The molecule has 94 valence electrons. The summed E-state index contributed by atoms with van der Waals surface area (Å²) in [6.07, 6.45) is 0.843. The van der Waals surface area contributed by atoms with E-state index in [0.29, 0.717) is 0 Å². The first-order chi connectivity index (χ1) is 8.45. The van der Waals surface area contributed by atoms with Crippen LogP contribution >= 0.6 is 0 Å². The van der Waals surface area contributed by atoms with E-state index in [1.807, 2.05) is 0 Å². The molecule has 0 bridgehead atoms. The Labute approximate surface area is 99.6 Å². The van der Waals surface area contributed by atoms with Gasteiger partial charge in [0, 0.05) is 0 Å². The molecule has 1 aromatic rings. The van der Waals surface area contributed by atoms with Crippen LogP contribution in [0.25, 0.3) is 0 Å². The first-order valence-electron chi connectivity index (χ1n) is 4.54. The Morgan fingerprint density at radius 2 is 2.33 bits per heavy atom. The molecule has 0 fully saturated rings. The number of hydrogen-bond donors (Lipinski definition) is 2. The highest BCUT2D eigenvalue weighted by atomic mass is 16.6. The molecule has 1 aromatic heterocycles. The van der Waals surface area contributed by atoms with Crippen molar-refractivity contribution >= 4 is 17.6 Å². The average molecular weight is 253 g/mol. The van der Waals surface area contributed by atoms with Gasteiger partial charge in [-0.3, -0.25) is 19.6 Å². The maximum absolute atomic E-state index is 11.2. The Hall–Kier alpha value is -2.96. The van der Waals surface area contributed by atoms with Crippen LogP contribution in [0, 0.1) is 21.4 Å². The smallest absolute Gasteiger partial charge is 0.363 e. The largest absolute Gasteiger partial charge is 0.476 e. The molecular formula is C8H7N5O5. The molecule has 0 aliphatic heterocycles. The van der Waals surface area contributed by atoms with Gasteiger partial charge in [-0.15, -0.1) is 0 Å². The van der Waals surface area contributed by atoms with Gasteiger partial charge in [-0.2, -0.15) is 10.4 Å². The highest BCUT2D eigenvalue weighted by molar-refractivity contribution is 5.90. The lowest BCUT2D eigenvalue weighted by atomic mass is 10.4. The summed E-state index contributed by atoms with van der Waals surface area (Å²) in [5.74, 6) is -2.16. The summed E-state index contributed by atoms with van der Waals surface area (Å²) in [4.78, 5) is 31.5. The number of carbonyl (C=O) groups is 2. The van der Waals surface area contributed by atoms with Crippen molar-refractivity contribution in [1.29, 1.82) is 5.26 Å². The van der Waals surface area contributed by atoms with Crippen LogP contribution in [0.4, 0.5) is 5.69 Å². The van der Waals surface area contributed by atoms with Gasteiger partial charge in [-0.25, -0.2) is 4.79 Å². The van der Waals surface area contributed by atoms with Gasteiger partial charge in [0.15, 0.2) is 0 Å². The van der Waals surface area contributed by atoms with Crippen molar-refractivity contribution in [2.45, 2.75) is 6.54 Å². The zero-order valence-electron chi connectivity index (χ0n) is 8.86. The normalized spacial score (nSPS) is 9.50. The number of aromatic carboxylic acids is 1. The van der Waals surface area contributed by atoms with Crippen LogP contribution in [0.1, 0.15) is 10.5 Å². The zero-order valence-corrected chi connectivity index (χ0v) is 8.86. The third-order valence-corrected chi connectivity index (χ3v) is 1.81. The maximum atomic E-state index is 11.2. The number of hydrogen-bond acceptors (Lipinski definition) is 6. The van der Waals surface area contributed by atoms with Crippen molar-refractivity contribution in [2.24, 2.45) is 0 Å². The molecule has 0 saturated carbocycles. The van der Waals surface area contributed by atoms with Crippen molar-refractivity contribution in [3.8, 4) is 6.07 Å². The lowest BCUT2D eigenvalue weighted by Crippen LogP contribution is -2.28. The van der Waals surface area contributed by atoms with Crippen LogP contribution in [0.5, 0.6) is 0 Å². The number of nitro groups is 1. The van der Waals surface area contributed by atoms with E-state index in [1.54, 1.807) is 6.07 Å². The van der Waals surface area contributed by atoms with E-state index < -0.39 is 34.7 Å². The average Bonchev–Trinajstić information content (AvgIpc) is 2.70. The van der Waals surface area contributed by atoms with Gasteiger partial charge in [0.1, 0.15) is 19.3 Å². The molecule has 1 rings (SSSR count). The first kappa shape index (κ1) is 13.1. The van der Waals surface area contributed by atoms with Gasteiger partial charge in [-0.1, -0.05) is 0 Å². The van der Waals surface area contributed by atoms with Crippen LogP contribution in [-0.4, -0.2) is 38.2 Å². The summed E-state index contributed by atoms with van der Waals surface area (Å²) in [6.45, 7) is -0.621. The van der Waals surface area contributed by atoms with E-state index in [1.165, 1.54) is 0 Å². The lowest BCUT2D eigenvalue weighted by molar-refractivity contribution is -0.385. The minimum atomic E-state index is -1.56. The molecule has 0 aliphatic carbocycles. The molecule has 1 heterocycles. The van der Waals surface area contributed by atoms with Gasteiger partial charge in [-0.05, 0) is 0 Å². The van der Waals surface area contributed by atoms with Gasteiger partial charge >= 0.3 is 11.7 Å². The number of nitrogens with one attached hydrogen (secondary N) is 1. The van der Waals surface area contributed by atoms with E-state index >= 15 is 0 Å². The molecule has 0 saturated heterocycles. The standard InChI is InChI=1S/C8H7N5O5/c9-1-2-10-6(14)4-12-3-5(13(17)18)7(11-12)8(15)16/h3H,2,4H2,(H,10,14)(H,15,16). The molecule has 0 spiro atoms. The van der Waals surface area contributed by atoms with Crippen molar-refractivity contribution in [3.63, 3.8) is 0 Å². The van der Waals surface area contributed by atoms with E-state index in [0.717, 1.165) is 10.9 Å². The molecule has 2 N–H and O–H groups in total. The minimum Gasteiger partial charge on any atom is -0.476 e. The van der Waals surface area contributed by atoms with E-state index in [9.17, 15) is 19.7 Å². The fourth-order valence-electron chi connectivity index (χ4n) is 1.12. The monoisotopic (exact) mass is 253 g/mol. The number of nitriles is 1. The van der Waals surface area contributed by atoms with Crippen LogP contribution in [0.2, 0.25) is 0 Å². The Morgan fingerprint density at radius 3 is 2.78 bits per heavy atom. The van der Waals surface area contributed by atoms with Crippen molar-refractivity contribution in [3.05, 3.63) is 22.0 Å². The number of carboxylic acids is 1. The fraction of sp³-hybridized carbons (Fsp3) is 0.250. The SMILES string of the molecule is N#CCNC(=O)Cn1cc([N+](=O)[O-])c(C(=O)O)n1. The number of rotatable bonds is 5. The minimum absolute atomic E-state index is 0.214. The van der Waals surface area contributed by atoms with Gasteiger partial charge in [0.05, 0.1) is 11.0 Å². The van der Waals surface area contributed by atoms with Crippen molar-refractivity contribution in [2.75, 3.05) is 6.54 Å². The van der Waals surface area contributed by atoms with Crippen molar-refractivity contribution in [1.82, 2.24) is 15.1 Å². The van der Waals surface area contributed by atoms with Crippen LogP contribution in [0.3, 0.4) is 0 Å². The number of nitrogens with zero attached hydrogens (tertiary/aromatic N) is 4. The second-order valence-electron chi connectivity index (χ2n) is 3.06. The summed E-state index contributed by atoms with van der Waals surface area (Å²) in [6, 6.07) is 1.67. The van der Waals surface area contributed by atoms with Crippen LogP contribution in [-0.2, 0) is 11.3 Å². The van der Waals surface area contributed by atoms with E-state index in [2.05, 4.69) is 10.4 Å². The van der Waals surface area contributed by atoms with Crippen molar-refractivity contribution < 1.29 is 19.6 Å². The lowest BCUT2D eigenvalue weighted by Gasteiger charge is -1.99. The third-order valence-electron chi connectivity index (χ3n) is 1.81. The highest BCUT2D eigenvalue weighted by Crippen LogP contribution is 2.16. The molecule has 0 radical (unpaired) electrons. The van der Waals surface area contributed by atoms with Crippen LogP contribution in [0.15, 0.2) is 6.20 Å². The molecule has 0 aliphatic rings. The number of amides is 1. The van der Waals surface area contributed by atoms with E-state index in [-0.39, 0.29) is 6.54 Å². The molecule has 0 atom stereocenters. The molecule has 10 nitrogen and oxygen atoms in total. The molecule has 18 heavy (non-hydrogen) atoms. The van der Waals surface area contributed by atoms with Gasteiger partial charge in [0.25, 0.3) is 0 Å². The summed E-state index contributed by atoms with van der Waals surface area (Å²) < 4.78 is 0.828. The molecule has 0 aromatic carbocycles. The van der Waals surface area contributed by atoms with Gasteiger partial charge in [0.2, 0.25) is 11.6 Å².